The minimum atomic E-state index is -0.0322. The van der Waals surface area contributed by atoms with Gasteiger partial charge in [0.1, 0.15) is 23.7 Å². The van der Waals surface area contributed by atoms with Gasteiger partial charge in [-0.15, -0.1) is 0 Å². The lowest BCUT2D eigenvalue weighted by Crippen LogP contribution is -2.54. The van der Waals surface area contributed by atoms with Gasteiger partial charge in [-0.1, -0.05) is 44.2 Å². The average molecular weight is 415 g/mol. The fourth-order valence-corrected chi connectivity index (χ4v) is 4.03. The van der Waals surface area contributed by atoms with E-state index < -0.39 is 0 Å². The molecular formula is C25H26N4O2. The van der Waals surface area contributed by atoms with Crippen molar-refractivity contribution in [1.29, 1.82) is 5.26 Å². The van der Waals surface area contributed by atoms with E-state index in [0.29, 0.717) is 36.6 Å². The van der Waals surface area contributed by atoms with Crippen LogP contribution in [-0.2, 0) is 0 Å². The largest absolute Gasteiger partial charge is 0.472 e. The van der Waals surface area contributed by atoms with Crippen LogP contribution in [0.2, 0.25) is 0 Å². The van der Waals surface area contributed by atoms with Gasteiger partial charge >= 0.3 is 0 Å². The summed E-state index contributed by atoms with van der Waals surface area (Å²) in [5.74, 6) is 0.903. The van der Waals surface area contributed by atoms with Gasteiger partial charge in [0.15, 0.2) is 0 Å². The molecule has 0 N–H and O–H groups in total. The topological polar surface area (TPSA) is 73.4 Å². The van der Waals surface area contributed by atoms with Gasteiger partial charge in [-0.05, 0) is 30.5 Å². The zero-order valence-corrected chi connectivity index (χ0v) is 18.1. The maximum atomic E-state index is 12.8. The number of benzene rings is 1. The van der Waals surface area contributed by atoms with Gasteiger partial charge in [-0.3, -0.25) is 4.79 Å². The minimum Gasteiger partial charge on any atom is -0.472 e. The second-order valence-electron chi connectivity index (χ2n) is 8.23. The molecule has 158 valence electrons. The fourth-order valence-electron chi connectivity index (χ4n) is 4.03. The molecule has 0 bridgehead atoms. The number of aromatic nitrogens is 1. The van der Waals surface area contributed by atoms with Crippen LogP contribution >= 0.6 is 0 Å². The Labute approximate surface area is 182 Å². The first-order valence-electron chi connectivity index (χ1n) is 10.6. The number of piperazine rings is 1. The first-order valence-corrected chi connectivity index (χ1v) is 10.6. The summed E-state index contributed by atoms with van der Waals surface area (Å²) < 4.78 is 5.07. The summed E-state index contributed by atoms with van der Waals surface area (Å²) in [7, 11) is 0. The zero-order valence-electron chi connectivity index (χ0n) is 18.1. The molecule has 3 aromatic rings. The number of hydrogen-bond donors (Lipinski definition) is 0. The Balaban J connectivity index is 1.69. The van der Waals surface area contributed by atoms with Gasteiger partial charge in [0.25, 0.3) is 5.91 Å². The molecule has 0 radical (unpaired) electrons. The lowest BCUT2D eigenvalue weighted by Gasteiger charge is -2.40. The van der Waals surface area contributed by atoms with Crippen molar-refractivity contribution in [1.82, 2.24) is 9.88 Å². The van der Waals surface area contributed by atoms with E-state index in [4.69, 9.17) is 9.40 Å². The highest BCUT2D eigenvalue weighted by Gasteiger charge is 2.31. The maximum absolute atomic E-state index is 12.8. The monoisotopic (exact) mass is 414 g/mol. The Morgan fingerprint density at radius 1 is 1.23 bits per heavy atom. The van der Waals surface area contributed by atoms with Crippen LogP contribution in [-0.4, -0.2) is 41.5 Å². The number of hydrogen-bond acceptors (Lipinski definition) is 5. The second-order valence-corrected chi connectivity index (χ2v) is 8.23. The van der Waals surface area contributed by atoms with Crippen LogP contribution in [0, 0.1) is 11.3 Å². The van der Waals surface area contributed by atoms with Crippen LogP contribution in [0.3, 0.4) is 0 Å². The van der Waals surface area contributed by atoms with Gasteiger partial charge in [-0.25, -0.2) is 4.98 Å². The molecule has 31 heavy (non-hydrogen) atoms. The SMILES string of the molecule is CC(C)c1cc(-c2ccccc2)c(C#N)c(N2CCN(C(=O)c3ccoc3)C(C)C2)n1. The molecule has 6 nitrogen and oxygen atoms in total. The number of nitrogens with zero attached hydrogens (tertiary/aromatic N) is 4. The van der Waals surface area contributed by atoms with E-state index in [9.17, 15) is 10.1 Å². The number of anilines is 1. The van der Waals surface area contributed by atoms with Crippen LogP contribution in [0.25, 0.3) is 11.1 Å². The predicted molar refractivity (Wildman–Crippen MR) is 120 cm³/mol. The number of carbonyl (C=O) groups excluding carboxylic acids is 1. The molecule has 2 aromatic heterocycles. The number of furan rings is 1. The molecule has 1 amide bonds. The summed E-state index contributed by atoms with van der Waals surface area (Å²) in [6, 6.07) is 16.1. The molecule has 0 saturated carbocycles. The Kier molecular flexibility index (Phi) is 5.77. The van der Waals surface area contributed by atoms with Crippen molar-refractivity contribution in [2.45, 2.75) is 32.7 Å². The highest BCUT2D eigenvalue weighted by molar-refractivity contribution is 5.94. The Morgan fingerprint density at radius 2 is 2.00 bits per heavy atom. The van der Waals surface area contributed by atoms with Gasteiger partial charge < -0.3 is 14.2 Å². The Morgan fingerprint density at radius 3 is 2.61 bits per heavy atom. The Hall–Kier alpha value is -3.59. The third kappa shape index (κ3) is 4.04. The van der Waals surface area contributed by atoms with E-state index in [1.54, 1.807) is 6.07 Å². The third-order valence-electron chi connectivity index (χ3n) is 5.76. The van der Waals surface area contributed by atoms with E-state index in [1.165, 1.54) is 12.5 Å². The van der Waals surface area contributed by atoms with Crippen LogP contribution in [0.5, 0.6) is 0 Å². The quantitative estimate of drug-likeness (QED) is 0.619. The van der Waals surface area contributed by atoms with Gasteiger partial charge in [0.05, 0.1) is 11.8 Å². The Bertz CT molecular complexity index is 1100. The standard InChI is InChI=1S/C25H26N4O2/c1-17(2)23-13-21(19-7-5-4-6-8-19)22(14-26)24(27-23)28-10-11-29(18(3)15-28)25(30)20-9-12-31-16-20/h4-9,12-13,16-18H,10-11,15H2,1-3H3. The van der Waals surface area contributed by atoms with Gasteiger partial charge in [-0.2, -0.15) is 5.26 Å². The van der Waals surface area contributed by atoms with E-state index in [2.05, 4.69) is 24.8 Å². The van der Waals surface area contributed by atoms with E-state index in [1.807, 2.05) is 48.2 Å². The summed E-state index contributed by atoms with van der Waals surface area (Å²) in [6.45, 7) is 8.03. The smallest absolute Gasteiger partial charge is 0.257 e. The molecule has 4 rings (SSSR count). The van der Waals surface area contributed by atoms with Crippen LogP contribution in [0.1, 0.15) is 48.3 Å². The van der Waals surface area contributed by atoms with Crippen molar-refractivity contribution in [3.63, 3.8) is 0 Å². The first-order chi connectivity index (χ1) is 15.0. The van der Waals surface area contributed by atoms with Crippen molar-refractivity contribution in [3.05, 3.63) is 71.8 Å². The maximum Gasteiger partial charge on any atom is 0.257 e. The number of carbonyl (C=O) groups is 1. The molecule has 1 saturated heterocycles. The number of amides is 1. The summed E-state index contributed by atoms with van der Waals surface area (Å²) in [6.07, 6.45) is 2.99. The normalized spacial score (nSPS) is 16.4. The van der Waals surface area contributed by atoms with Crippen LogP contribution in [0.15, 0.2) is 59.4 Å². The average Bonchev–Trinajstić information content (AvgIpc) is 3.33. The summed E-state index contributed by atoms with van der Waals surface area (Å²) >= 11 is 0. The molecule has 3 heterocycles. The molecule has 0 aliphatic carbocycles. The second kappa shape index (κ2) is 8.65. The van der Waals surface area contributed by atoms with Gasteiger partial charge in [0, 0.05) is 36.9 Å². The fraction of sp³-hybridized carbons (Fsp3) is 0.320. The summed E-state index contributed by atoms with van der Waals surface area (Å²) in [4.78, 5) is 21.7. The molecule has 6 heteroatoms. The molecule has 0 spiro atoms. The third-order valence-corrected chi connectivity index (χ3v) is 5.76. The predicted octanol–water partition coefficient (Wildman–Crippen LogP) is 4.69. The first kappa shape index (κ1) is 20.7. The lowest BCUT2D eigenvalue weighted by molar-refractivity contribution is 0.0673. The van der Waals surface area contributed by atoms with Crippen molar-refractivity contribution in [2.75, 3.05) is 24.5 Å². The molecule has 1 unspecified atom stereocenters. The number of nitriles is 1. The van der Waals surface area contributed by atoms with Crippen molar-refractivity contribution in [3.8, 4) is 17.2 Å². The van der Waals surface area contributed by atoms with Crippen LogP contribution in [0.4, 0.5) is 5.82 Å². The molecule has 1 fully saturated rings. The summed E-state index contributed by atoms with van der Waals surface area (Å²) in [5, 5.41) is 10.1. The van der Waals surface area contributed by atoms with Crippen molar-refractivity contribution < 1.29 is 9.21 Å². The van der Waals surface area contributed by atoms with E-state index in [0.717, 1.165) is 16.8 Å². The highest BCUT2D eigenvalue weighted by atomic mass is 16.3. The molecule has 1 aromatic carbocycles. The molecular weight excluding hydrogens is 388 g/mol. The lowest BCUT2D eigenvalue weighted by atomic mass is 9.97. The number of pyridine rings is 1. The van der Waals surface area contributed by atoms with Crippen LogP contribution < -0.4 is 4.90 Å². The minimum absolute atomic E-state index is 0.0209. The highest BCUT2D eigenvalue weighted by Crippen LogP contribution is 2.33. The van der Waals surface area contributed by atoms with E-state index in [-0.39, 0.29) is 17.9 Å². The number of rotatable bonds is 4. The van der Waals surface area contributed by atoms with Crippen molar-refractivity contribution in [2.24, 2.45) is 0 Å². The van der Waals surface area contributed by atoms with E-state index >= 15 is 0 Å². The summed E-state index contributed by atoms with van der Waals surface area (Å²) in [5.41, 5.74) is 4.01. The van der Waals surface area contributed by atoms with Gasteiger partial charge in [0.2, 0.25) is 0 Å². The zero-order chi connectivity index (χ0) is 22.0. The molecule has 1 aliphatic rings. The molecule has 1 atom stereocenters. The molecule has 1 aliphatic heterocycles. The van der Waals surface area contributed by atoms with Crippen molar-refractivity contribution >= 4 is 11.7 Å².